The van der Waals surface area contributed by atoms with Gasteiger partial charge < -0.3 is 16.0 Å². The number of halogens is 2. The second-order valence-electron chi connectivity index (χ2n) is 7.20. The number of hydrogen-bond donors (Lipinski definition) is 3. The maximum atomic E-state index is 14.7. The summed E-state index contributed by atoms with van der Waals surface area (Å²) in [5.41, 5.74) is 2.63. The van der Waals surface area contributed by atoms with Gasteiger partial charge in [-0.1, -0.05) is 12.1 Å². The summed E-state index contributed by atoms with van der Waals surface area (Å²) in [4.78, 5) is 13.3. The Hall–Kier alpha value is -3.75. The van der Waals surface area contributed by atoms with Crippen molar-refractivity contribution in [3.63, 3.8) is 0 Å². The van der Waals surface area contributed by atoms with Crippen LogP contribution in [0.4, 0.5) is 26.1 Å². The van der Waals surface area contributed by atoms with Gasteiger partial charge in [0.2, 0.25) is 0 Å². The first-order valence-corrected chi connectivity index (χ1v) is 9.59. The second-order valence-corrected chi connectivity index (χ2v) is 7.20. The van der Waals surface area contributed by atoms with Crippen LogP contribution in [0.25, 0.3) is 16.9 Å². The summed E-state index contributed by atoms with van der Waals surface area (Å²) in [7, 11) is 0. The minimum Gasteiger partial charge on any atom is -0.360 e. The van der Waals surface area contributed by atoms with Crippen molar-refractivity contribution in [1.29, 1.82) is 0 Å². The molecular formula is C21H19F2N7. The molecule has 0 bridgehead atoms. The Morgan fingerprint density at radius 2 is 1.97 bits per heavy atom. The summed E-state index contributed by atoms with van der Waals surface area (Å²) >= 11 is 0. The molecule has 9 heteroatoms. The Bertz CT molecular complexity index is 1250. The molecule has 0 saturated carbocycles. The number of rotatable bonds is 4. The lowest BCUT2D eigenvalue weighted by Gasteiger charge is -2.17. The van der Waals surface area contributed by atoms with Gasteiger partial charge in [-0.3, -0.25) is 4.40 Å². The molecule has 0 fully saturated rings. The number of aromatic nitrogens is 4. The highest BCUT2D eigenvalue weighted by Gasteiger charge is 2.26. The molecule has 1 aromatic carbocycles. The summed E-state index contributed by atoms with van der Waals surface area (Å²) in [5, 5.41) is 9.83. The standard InChI is InChI=1S/C21H19F2N7/c1-11(26-20-18-21(25-10-24-20)28-12(2)27-18)17-19(13-6-5-7-14(22)16(13)23)30-9-4-3-8-15(30)29-17/h3-12,27H,1-2H3,(H2,24,25,26,28). The van der Waals surface area contributed by atoms with E-state index in [1.165, 1.54) is 12.4 Å². The van der Waals surface area contributed by atoms with E-state index in [1.807, 2.05) is 32.0 Å². The zero-order valence-electron chi connectivity index (χ0n) is 16.3. The highest BCUT2D eigenvalue weighted by molar-refractivity contribution is 5.81. The first kappa shape index (κ1) is 18.3. The van der Waals surface area contributed by atoms with Crippen molar-refractivity contribution < 1.29 is 8.78 Å². The molecule has 3 aromatic heterocycles. The van der Waals surface area contributed by atoms with E-state index in [0.717, 1.165) is 11.8 Å². The van der Waals surface area contributed by atoms with E-state index in [0.29, 0.717) is 28.7 Å². The Kier molecular flexibility index (Phi) is 4.23. The molecule has 30 heavy (non-hydrogen) atoms. The Labute approximate surface area is 171 Å². The van der Waals surface area contributed by atoms with Crippen molar-refractivity contribution in [3.8, 4) is 11.3 Å². The molecule has 1 aliphatic rings. The summed E-state index contributed by atoms with van der Waals surface area (Å²) in [5.74, 6) is -0.493. The number of benzene rings is 1. The smallest absolute Gasteiger partial charge is 0.168 e. The number of anilines is 3. The van der Waals surface area contributed by atoms with E-state index in [1.54, 1.807) is 16.7 Å². The van der Waals surface area contributed by atoms with Crippen LogP contribution < -0.4 is 16.0 Å². The number of nitrogens with one attached hydrogen (secondary N) is 3. The van der Waals surface area contributed by atoms with Crippen molar-refractivity contribution in [2.45, 2.75) is 26.1 Å². The van der Waals surface area contributed by atoms with E-state index in [2.05, 4.69) is 25.9 Å². The van der Waals surface area contributed by atoms with E-state index in [4.69, 9.17) is 4.98 Å². The zero-order valence-corrected chi connectivity index (χ0v) is 16.3. The molecule has 4 heterocycles. The summed E-state index contributed by atoms with van der Waals surface area (Å²) < 4.78 is 30.5. The van der Waals surface area contributed by atoms with Gasteiger partial charge in [0.1, 0.15) is 17.7 Å². The normalized spacial score (nSPS) is 16.1. The van der Waals surface area contributed by atoms with E-state index in [-0.39, 0.29) is 17.8 Å². The Morgan fingerprint density at radius 3 is 2.83 bits per heavy atom. The summed E-state index contributed by atoms with van der Waals surface area (Å²) in [6.45, 7) is 3.88. The largest absolute Gasteiger partial charge is 0.360 e. The van der Waals surface area contributed by atoms with Crippen LogP contribution in [-0.4, -0.2) is 25.5 Å². The molecule has 2 unspecified atom stereocenters. The van der Waals surface area contributed by atoms with Crippen LogP contribution in [-0.2, 0) is 0 Å². The number of hydrogen-bond acceptors (Lipinski definition) is 6. The van der Waals surface area contributed by atoms with Crippen LogP contribution in [0.1, 0.15) is 25.6 Å². The zero-order chi connectivity index (χ0) is 20.8. The van der Waals surface area contributed by atoms with Gasteiger partial charge in [-0.25, -0.2) is 23.7 Å². The number of nitrogens with zero attached hydrogens (tertiary/aromatic N) is 4. The molecule has 0 radical (unpaired) electrons. The molecule has 0 saturated heterocycles. The molecule has 0 aliphatic carbocycles. The number of fused-ring (bicyclic) bond motifs is 2. The molecule has 1 aliphatic heterocycles. The van der Waals surface area contributed by atoms with Crippen LogP contribution in [0, 0.1) is 11.6 Å². The quantitative estimate of drug-likeness (QED) is 0.465. The van der Waals surface area contributed by atoms with Gasteiger partial charge in [0.05, 0.1) is 23.6 Å². The van der Waals surface area contributed by atoms with Gasteiger partial charge in [0.15, 0.2) is 23.3 Å². The molecule has 5 rings (SSSR count). The van der Waals surface area contributed by atoms with Crippen LogP contribution in [0.15, 0.2) is 48.9 Å². The van der Waals surface area contributed by atoms with Gasteiger partial charge in [0, 0.05) is 11.8 Å². The minimum atomic E-state index is -0.903. The third kappa shape index (κ3) is 2.90. The predicted octanol–water partition coefficient (Wildman–Crippen LogP) is 4.43. The lowest BCUT2D eigenvalue weighted by atomic mass is 10.1. The second kappa shape index (κ2) is 6.94. The molecule has 0 amide bonds. The lowest BCUT2D eigenvalue weighted by Crippen LogP contribution is -2.17. The van der Waals surface area contributed by atoms with Gasteiger partial charge in [-0.05, 0) is 38.1 Å². The molecule has 2 atom stereocenters. The molecule has 0 spiro atoms. The van der Waals surface area contributed by atoms with Crippen molar-refractivity contribution >= 4 is 23.0 Å². The Morgan fingerprint density at radius 1 is 1.10 bits per heavy atom. The van der Waals surface area contributed by atoms with E-state index < -0.39 is 11.6 Å². The maximum Gasteiger partial charge on any atom is 0.168 e. The minimum absolute atomic E-state index is 0.0275. The van der Waals surface area contributed by atoms with E-state index >= 15 is 0 Å². The van der Waals surface area contributed by atoms with Gasteiger partial charge in [-0.2, -0.15) is 0 Å². The SMILES string of the molecule is CC1Nc2ncnc(NC(C)c3nc4ccccn4c3-c3cccc(F)c3F)c2N1. The average molecular weight is 407 g/mol. The number of imidazole rings is 1. The molecule has 152 valence electrons. The fraction of sp³-hybridized carbons (Fsp3) is 0.190. The number of pyridine rings is 1. The van der Waals surface area contributed by atoms with Crippen LogP contribution in [0.3, 0.4) is 0 Å². The van der Waals surface area contributed by atoms with Crippen molar-refractivity contribution in [3.05, 3.63) is 66.3 Å². The topological polar surface area (TPSA) is 79.2 Å². The first-order valence-electron chi connectivity index (χ1n) is 9.59. The molecular weight excluding hydrogens is 388 g/mol. The van der Waals surface area contributed by atoms with Gasteiger partial charge in [-0.15, -0.1) is 0 Å². The van der Waals surface area contributed by atoms with Crippen molar-refractivity contribution in [1.82, 2.24) is 19.4 Å². The lowest BCUT2D eigenvalue weighted by molar-refractivity contribution is 0.510. The third-order valence-corrected chi connectivity index (χ3v) is 5.09. The molecule has 3 N–H and O–H groups in total. The van der Waals surface area contributed by atoms with Crippen LogP contribution >= 0.6 is 0 Å². The van der Waals surface area contributed by atoms with Crippen molar-refractivity contribution in [2.24, 2.45) is 0 Å². The highest BCUT2D eigenvalue weighted by Crippen LogP contribution is 2.36. The molecule has 7 nitrogen and oxygen atoms in total. The Balaban J connectivity index is 1.62. The fourth-order valence-electron chi connectivity index (χ4n) is 3.74. The van der Waals surface area contributed by atoms with Gasteiger partial charge >= 0.3 is 0 Å². The maximum absolute atomic E-state index is 14.7. The predicted molar refractivity (Wildman–Crippen MR) is 111 cm³/mol. The van der Waals surface area contributed by atoms with Crippen LogP contribution in [0.2, 0.25) is 0 Å². The first-order chi connectivity index (χ1) is 14.5. The average Bonchev–Trinajstić information content (AvgIpc) is 3.31. The van der Waals surface area contributed by atoms with Crippen molar-refractivity contribution in [2.75, 3.05) is 16.0 Å². The van der Waals surface area contributed by atoms with Gasteiger partial charge in [0.25, 0.3) is 0 Å². The third-order valence-electron chi connectivity index (χ3n) is 5.09. The van der Waals surface area contributed by atoms with Crippen LogP contribution in [0.5, 0.6) is 0 Å². The summed E-state index contributed by atoms with van der Waals surface area (Å²) in [6, 6.07) is 9.31. The summed E-state index contributed by atoms with van der Waals surface area (Å²) in [6.07, 6.45) is 3.28. The monoisotopic (exact) mass is 407 g/mol. The fourth-order valence-corrected chi connectivity index (χ4v) is 3.74. The van der Waals surface area contributed by atoms with E-state index in [9.17, 15) is 8.78 Å². The molecule has 4 aromatic rings. The highest BCUT2D eigenvalue weighted by atomic mass is 19.2.